The fraction of sp³-hybridized carbons (Fsp3) is 0.125. The molecule has 0 atom stereocenters. The van der Waals surface area contributed by atoms with Gasteiger partial charge in [0.15, 0.2) is 17.3 Å². The van der Waals surface area contributed by atoms with Crippen molar-refractivity contribution in [2.45, 2.75) is 0 Å². The van der Waals surface area contributed by atoms with Crippen LogP contribution in [0.1, 0.15) is 15.9 Å². The first kappa shape index (κ1) is 13.6. The molecule has 0 unspecified atom stereocenters. The lowest BCUT2D eigenvalue weighted by atomic mass is 10.0. The number of ether oxygens (including phenoxy) is 2. The van der Waals surface area contributed by atoms with E-state index in [1.165, 1.54) is 0 Å². The van der Waals surface area contributed by atoms with E-state index in [0.717, 1.165) is 10.2 Å². The summed E-state index contributed by atoms with van der Waals surface area (Å²) in [4.78, 5) is 16.8. The molecule has 0 aliphatic rings. The number of hydrogen-bond donors (Lipinski definition) is 0. The van der Waals surface area contributed by atoms with E-state index in [-0.39, 0.29) is 5.78 Å². The Kier molecular flexibility index (Phi) is 3.58. The predicted molar refractivity (Wildman–Crippen MR) is 82.6 cm³/mol. The number of pyridine rings is 1. The third kappa shape index (κ3) is 2.48. The lowest BCUT2D eigenvalue weighted by Crippen LogP contribution is -2.03. The Bertz CT molecular complexity index is 810. The van der Waals surface area contributed by atoms with Gasteiger partial charge in [0.1, 0.15) is 0 Å². The van der Waals surface area contributed by atoms with E-state index in [4.69, 9.17) is 9.47 Å². The minimum Gasteiger partial charge on any atom is -0.493 e. The van der Waals surface area contributed by atoms with Gasteiger partial charge < -0.3 is 9.47 Å². The molecule has 5 heteroatoms. The van der Waals surface area contributed by atoms with Gasteiger partial charge in [-0.1, -0.05) is 0 Å². The monoisotopic (exact) mass is 299 g/mol. The van der Waals surface area contributed by atoms with Gasteiger partial charge in [-0.25, -0.2) is 0 Å². The number of carbonyl (C=O) groups is 1. The van der Waals surface area contributed by atoms with E-state index in [2.05, 4.69) is 4.98 Å². The van der Waals surface area contributed by atoms with E-state index in [0.29, 0.717) is 22.6 Å². The topological polar surface area (TPSA) is 48.4 Å². The Morgan fingerprint density at radius 1 is 1.05 bits per heavy atom. The summed E-state index contributed by atoms with van der Waals surface area (Å²) in [6.07, 6.45) is 1.61. The number of methoxy groups -OCH3 is 2. The maximum Gasteiger partial charge on any atom is 0.194 e. The van der Waals surface area contributed by atoms with Gasteiger partial charge in [0, 0.05) is 17.3 Å². The predicted octanol–water partition coefficient (Wildman–Crippen LogP) is 3.54. The van der Waals surface area contributed by atoms with Crippen molar-refractivity contribution in [1.82, 2.24) is 4.98 Å². The third-order valence-corrected chi connectivity index (χ3v) is 4.06. The summed E-state index contributed by atoms with van der Waals surface area (Å²) in [5.41, 5.74) is 2.02. The first-order valence-electron chi connectivity index (χ1n) is 6.33. The summed E-state index contributed by atoms with van der Waals surface area (Å²) in [5, 5.41) is 1.96. The van der Waals surface area contributed by atoms with Crippen molar-refractivity contribution in [3.05, 3.63) is 53.0 Å². The number of benzene rings is 1. The molecular weight excluding hydrogens is 286 g/mol. The minimum absolute atomic E-state index is 0.0845. The lowest BCUT2D eigenvalue weighted by Gasteiger charge is -2.09. The number of carbonyl (C=O) groups excluding carboxylic acids is 1. The van der Waals surface area contributed by atoms with Crippen LogP contribution in [0, 0.1) is 0 Å². The summed E-state index contributed by atoms with van der Waals surface area (Å²) in [7, 11) is 3.11. The van der Waals surface area contributed by atoms with Crippen LogP contribution in [0.5, 0.6) is 11.5 Å². The van der Waals surface area contributed by atoms with E-state index >= 15 is 0 Å². The SMILES string of the molecule is COc1ccc(C(=O)c2cnc3ccsc3c2)cc1OC. The Balaban J connectivity index is 2.00. The van der Waals surface area contributed by atoms with Crippen LogP contribution in [-0.4, -0.2) is 25.0 Å². The van der Waals surface area contributed by atoms with E-state index in [1.807, 2.05) is 17.5 Å². The van der Waals surface area contributed by atoms with Crippen LogP contribution in [0.4, 0.5) is 0 Å². The molecule has 0 saturated heterocycles. The highest BCUT2D eigenvalue weighted by molar-refractivity contribution is 7.17. The highest BCUT2D eigenvalue weighted by atomic mass is 32.1. The van der Waals surface area contributed by atoms with Crippen molar-refractivity contribution >= 4 is 27.3 Å². The van der Waals surface area contributed by atoms with Crippen LogP contribution in [0.3, 0.4) is 0 Å². The molecule has 2 heterocycles. The maximum atomic E-state index is 12.5. The molecule has 21 heavy (non-hydrogen) atoms. The Morgan fingerprint density at radius 3 is 2.62 bits per heavy atom. The molecule has 0 aliphatic heterocycles. The molecule has 2 aromatic heterocycles. The second-order valence-corrected chi connectivity index (χ2v) is 5.37. The molecule has 0 N–H and O–H groups in total. The Labute approximate surface area is 126 Å². The smallest absolute Gasteiger partial charge is 0.194 e. The zero-order valence-corrected chi connectivity index (χ0v) is 12.4. The van der Waals surface area contributed by atoms with Crippen molar-refractivity contribution < 1.29 is 14.3 Å². The standard InChI is InChI=1S/C16H13NO3S/c1-19-13-4-3-10(7-14(13)20-2)16(18)11-8-15-12(17-9-11)5-6-21-15/h3-9H,1-2H3. The molecule has 3 aromatic rings. The molecule has 0 bridgehead atoms. The second-order valence-electron chi connectivity index (χ2n) is 4.43. The number of ketones is 1. The molecule has 3 rings (SSSR count). The van der Waals surface area contributed by atoms with Crippen molar-refractivity contribution in [1.29, 1.82) is 0 Å². The fourth-order valence-electron chi connectivity index (χ4n) is 2.11. The average Bonchev–Trinajstić information content (AvgIpc) is 3.00. The molecule has 106 valence electrons. The molecule has 0 aliphatic carbocycles. The number of thiophene rings is 1. The largest absolute Gasteiger partial charge is 0.493 e. The maximum absolute atomic E-state index is 12.5. The van der Waals surface area contributed by atoms with Crippen LogP contribution >= 0.6 is 11.3 Å². The van der Waals surface area contributed by atoms with Gasteiger partial charge in [-0.2, -0.15) is 0 Å². The molecule has 0 saturated carbocycles. The molecule has 0 fully saturated rings. The quantitative estimate of drug-likeness (QED) is 0.691. The van der Waals surface area contributed by atoms with Gasteiger partial charge >= 0.3 is 0 Å². The molecule has 0 radical (unpaired) electrons. The van der Waals surface area contributed by atoms with Gasteiger partial charge in [-0.15, -0.1) is 11.3 Å². The van der Waals surface area contributed by atoms with E-state index in [1.54, 1.807) is 50.0 Å². The van der Waals surface area contributed by atoms with Gasteiger partial charge in [0.2, 0.25) is 0 Å². The van der Waals surface area contributed by atoms with Crippen LogP contribution in [0.15, 0.2) is 41.9 Å². The Hall–Kier alpha value is -2.40. The third-order valence-electron chi connectivity index (χ3n) is 3.21. The summed E-state index contributed by atoms with van der Waals surface area (Å²) >= 11 is 1.57. The van der Waals surface area contributed by atoms with Crippen LogP contribution in [-0.2, 0) is 0 Å². The number of rotatable bonds is 4. The average molecular weight is 299 g/mol. The van der Waals surface area contributed by atoms with Crippen LogP contribution < -0.4 is 9.47 Å². The van der Waals surface area contributed by atoms with Crippen LogP contribution in [0.2, 0.25) is 0 Å². The van der Waals surface area contributed by atoms with Gasteiger partial charge in [0.25, 0.3) is 0 Å². The highest BCUT2D eigenvalue weighted by Crippen LogP contribution is 2.29. The van der Waals surface area contributed by atoms with Gasteiger partial charge in [0.05, 0.1) is 24.4 Å². The summed E-state index contributed by atoms with van der Waals surface area (Å²) in [6.45, 7) is 0. The molecule has 0 spiro atoms. The molecule has 4 nitrogen and oxygen atoms in total. The molecular formula is C16H13NO3S. The summed E-state index contributed by atoms with van der Waals surface area (Å²) in [6, 6.07) is 8.93. The second kappa shape index (κ2) is 5.54. The molecule has 0 amide bonds. The molecule has 1 aromatic carbocycles. The van der Waals surface area contributed by atoms with Gasteiger partial charge in [-0.3, -0.25) is 9.78 Å². The Morgan fingerprint density at radius 2 is 1.86 bits per heavy atom. The highest BCUT2D eigenvalue weighted by Gasteiger charge is 2.14. The summed E-state index contributed by atoms with van der Waals surface area (Å²) < 4.78 is 11.4. The normalized spacial score (nSPS) is 10.6. The number of nitrogens with zero attached hydrogens (tertiary/aromatic N) is 1. The number of fused-ring (bicyclic) bond motifs is 1. The van der Waals surface area contributed by atoms with E-state index in [9.17, 15) is 4.79 Å². The van der Waals surface area contributed by atoms with Gasteiger partial charge in [-0.05, 0) is 35.7 Å². The number of aromatic nitrogens is 1. The first-order chi connectivity index (χ1) is 10.2. The van der Waals surface area contributed by atoms with Crippen molar-refractivity contribution in [2.24, 2.45) is 0 Å². The van der Waals surface area contributed by atoms with Crippen molar-refractivity contribution in [3.63, 3.8) is 0 Å². The zero-order valence-electron chi connectivity index (χ0n) is 11.6. The summed E-state index contributed by atoms with van der Waals surface area (Å²) in [5.74, 6) is 1.05. The van der Waals surface area contributed by atoms with Crippen LogP contribution in [0.25, 0.3) is 10.2 Å². The lowest BCUT2D eigenvalue weighted by molar-refractivity contribution is 0.103. The van der Waals surface area contributed by atoms with Crippen molar-refractivity contribution in [2.75, 3.05) is 14.2 Å². The minimum atomic E-state index is -0.0845. The fourth-order valence-corrected chi connectivity index (χ4v) is 2.89. The first-order valence-corrected chi connectivity index (χ1v) is 7.21. The number of hydrogen-bond acceptors (Lipinski definition) is 5. The van der Waals surface area contributed by atoms with Crippen molar-refractivity contribution in [3.8, 4) is 11.5 Å². The zero-order chi connectivity index (χ0) is 14.8. The van der Waals surface area contributed by atoms with E-state index < -0.39 is 0 Å².